The minimum Gasteiger partial charge on any atom is -0.385 e. The fourth-order valence-corrected chi connectivity index (χ4v) is 1.68. The van der Waals surface area contributed by atoms with Crippen molar-refractivity contribution in [2.24, 2.45) is 16.6 Å². The zero-order valence-corrected chi connectivity index (χ0v) is 11.7. The Morgan fingerprint density at radius 1 is 1.55 bits per heavy atom. The van der Waals surface area contributed by atoms with Crippen LogP contribution in [0.25, 0.3) is 0 Å². The molecule has 1 heterocycles. The molecule has 9 heteroatoms. The molecule has 0 saturated heterocycles. The molecule has 8 nitrogen and oxygen atoms in total. The first-order chi connectivity index (χ1) is 9.56. The van der Waals surface area contributed by atoms with Crippen LogP contribution < -0.4 is 10.6 Å². The van der Waals surface area contributed by atoms with Gasteiger partial charge in [0.2, 0.25) is 5.91 Å². The molecule has 1 atom stereocenters. The third-order valence-electron chi connectivity index (χ3n) is 2.88. The average Bonchev–Trinajstić information content (AvgIpc) is 2.98. The van der Waals surface area contributed by atoms with Crippen molar-refractivity contribution in [3.63, 3.8) is 0 Å². The number of hydrogen-bond donors (Lipinski definition) is 2. The van der Waals surface area contributed by atoms with Crippen molar-refractivity contribution in [3.8, 4) is 0 Å². The summed E-state index contributed by atoms with van der Waals surface area (Å²) in [5.41, 5.74) is 5.25. The number of rotatable bonds is 8. The molecular weight excluding hydrogens is 265 g/mol. The highest BCUT2D eigenvalue weighted by Crippen LogP contribution is 2.13. The van der Waals surface area contributed by atoms with E-state index in [2.05, 4.69) is 25.6 Å². The fourth-order valence-electron chi connectivity index (χ4n) is 1.68. The standard InChI is InChI=1S/C11H20FN7O/c1-8(5-3-4-6-14-9(13)7-12)10(20)19(2)11-15-17-18-16-11/h8H,3-7H2,1-2H3,(H2,13,14)(H,15,16,17,18)/t8-/m1/s1. The number of tetrazole rings is 1. The summed E-state index contributed by atoms with van der Waals surface area (Å²) in [7, 11) is 1.61. The van der Waals surface area contributed by atoms with Crippen LogP contribution in [0.5, 0.6) is 0 Å². The van der Waals surface area contributed by atoms with Gasteiger partial charge >= 0.3 is 0 Å². The lowest BCUT2D eigenvalue weighted by Gasteiger charge is -2.17. The first-order valence-corrected chi connectivity index (χ1v) is 6.42. The number of nitrogens with zero attached hydrogens (tertiary/aromatic N) is 5. The van der Waals surface area contributed by atoms with Crippen molar-refractivity contribution in [2.75, 3.05) is 25.2 Å². The van der Waals surface area contributed by atoms with Crippen molar-refractivity contribution >= 4 is 17.7 Å². The summed E-state index contributed by atoms with van der Waals surface area (Å²) in [6.07, 6.45) is 2.30. The molecule has 0 fully saturated rings. The van der Waals surface area contributed by atoms with Gasteiger partial charge in [0, 0.05) is 19.5 Å². The fraction of sp³-hybridized carbons (Fsp3) is 0.727. The monoisotopic (exact) mass is 285 g/mol. The number of hydrogen-bond acceptors (Lipinski definition) is 5. The molecule has 112 valence electrons. The maximum Gasteiger partial charge on any atom is 0.272 e. The molecule has 0 aliphatic carbocycles. The number of nitrogens with two attached hydrogens (primary N) is 1. The van der Waals surface area contributed by atoms with Crippen LogP contribution in [0.4, 0.5) is 10.3 Å². The van der Waals surface area contributed by atoms with Crippen molar-refractivity contribution in [1.82, 2.24) is 20.6 Å². The van der Waals surface area contributed by atoms with Gasteiger partial charge < -0.3 is 5.73 Å². The molecule has 1 aromatic rings. The normalized spacial score (nSPS) is 13.2. The first kappa shape index (κ1) is 16.0. The number of nitrogens with one attached hydrogen (secondary N) is 1. The van der Waals surface area contributed by atoms with Crippen molar-refractivity contribution in [3.05, 3.63) is 0 Å². The Bertz CT molecular complexity index is 434. The molecule has 0 aliphatic rings. The molecular formula is C11H20FN7O. The van der Waals surface area contributed by atoms with Crippen LogP contribution in [0.1, 0.15) is 26.2 Å². The third-order valence-corrected chi connectivity index (χ3v) is 2.88. The Hall–Kier alpha value is -2.06. The lowest BCUT2D eigenvalue weighted by atomic mass is 10.0. The lowest BCUT2D eigenvalue weighted by molar-refractivity contribution is -0.121. The van der Waals surface area contributed by atoms with E-state index in [0.717, 1.165) is 12.8 Å². The van der Waals surface area contributed by atoms with Crippen LogP contribution in [0.3, 0.4) is 0 Å². The minimum atomic E-state index is -0.718. The quantitative estimate of drug-likeness (QED) is 0.405. The van der Waals surface area contributed by atoms with Crippen LogP contribution >= 0.6 is 0 Å². The maximum absolute atomic E-state index is 12.1. The number of carbonyl (C=O) groups is 1. The summed E-state index contributed by atoms with van der Waals surface area (Å²) >= 11 is 0. The largest absolute Gasteiger partial charge is 0.385 e. The van der Waals surface area contributed by atoms with Gasteiger partial charge in [-0.05, 0) is 18.1 Å². The minimum absolute atomic E-state index is 0.0194. The number of aromatic nitrogens is 4. The number of alkyl halides is 1. The van der Waals surface area contributed by atoms with Crippen molar-refractivity contribution in [2.45, 2.75) is 26.2 Å². The highest BCUT2D eigenvalue weighted by Gasteiger charge is 2.20. The van der Waals surface area contributed by atoms with Gasteiger partial charge in [0.15, 0.2) is 0 Å². The number of amides is 1. The Kier molecular flexibility index (Phi) is 6.54. The number of H-pyrrole nitrogens is 1. The highest BCUT2D eigenvalue weighted by atomic mass is 19.1. The number of anilines is 1. The van der Waals surface area contributed by atoms with Gasteiger partial charge in [0.25, 0.3) is 5.95 Å². The van der Waals surface area contributed by atoms with E-state index in [0.29, 0.717) is 13.0 Å². The Morgan fingerprint density at radius 3 is 2.90 bits per heavy atom. The first-order valence-electron chi connectivity index (χ1n) is 6.42. The molecule has 0 unspecified atom stereocenters. The zero-order valence-electron chi connectivity index (χ0n) is 11.7. The van der Waals surface area contributed by atoms with Crippen LogP contribution in [-0.4, -0.2) is 52.6 Å². The van der Waals surface area contributed by atoms with Crippen molar-refractivity contribution in [1.29, 1.82) is 0 Å². The summed E-state index contributed by atoms with van der Waals surface area (Å²) < 4.78 is 12.0. The van der Waals surface area contributed by atoms with E-state index in [4.69, 9.17) is 5.73 Å². The summed E-state index contributed by atoms with van der Waals surface area (Å²) in [6, 6.07) is 0. The Balaban J connectivity index is 2.28. The smallest absolute Gasteiger partial charge is 0.272 e. The van der Waals surface area contributed by atoms with Gasteiger partial charge in [-0.3, -0.25) is 14.7 Å². The average molecular weight is 285 g/mol. The molecule has 3 N–H and O–H groups in total. The van der Waals surface area contributed by atoms with Crippen LogP contribution in [-0.2, 0) is 4.79 Å². The van der Waals surface area contributed by atoms with E-state index in [1.807, 2.05) is 6.92 Å². The van der Waals surface area contributed by atoms with Gasteiger partial charge in [0.05, 0.1) is 0 Å². The molecule has 1 rings (SSSR count). The number of aliphatic imine (C=N–C) groups is 1. The predicted molar refractivity (Wildman–Crippen MR) is 73.1 cm³/mol. The van der Waals surface area contributed by atoms with Gasteiger partial charge in [-0.15, -0.1) is 5.10 Å². The second-order valence-corrected chi connectivity index (χ2v) is 4.51. The second kappa shape index (κ2) is 8.18. The molecule has 1 aromatic heterocycles. The van der Waals surface area contributed by atoms with E-state index in [-0.39, 0.29) is 23.6 Å². The molecule has 0 spiro atoms. The highest BCUT2D eigenvalue weighted by molar-refractivity contribution is 5.92. The molecule has 1 amide bonds. The van der Waals surface area contributed by atoms with Gasteiger partial charge in [-0.1, -0.05) is 18.4 Å². The summed E-state index contributed by atoms with van der Waals surface area (Å²) in [5.74, 6) is 0.0484. The lowest BCUT2D eigenvalue weighted by Crippen LogP contribution is -2.32. The number of halogens is 1. The zero-order chi connectivity index (χ0) is 15.0. The number of unbranched alkanes of at least 4 members (excludes halogenated alkanes) is 1. The van der Waals surface area contributed by atoms with Crippen LogP contribution in [0.15, 0.2) is 4.99 Å². The summed E-state index contributed by atoms with van der Waals surface area (Å²) in [4.78, 5) is 17.3. The van der Waals surface area contributed by atoms with Gasteiger partial charge in [0.1, 0.15) is 12.5 Å². The molecule has 0 radical (unpaired) electrons. The molecule has 20 heavy (non-hydrogen) atoms. The number of amidine groups is 1. The van der Waals surface area contributed by atoms with Crippen LogP contribution in [0.2, 0.25) is 0 Å². The number of aromatic amines is 1. The van der Waals surface area contributed by atoms with Gasteiger partial charge in [-0.25, -0.2) is 4.39 Å². The number of carbonyl (C=O) groups excluding carboxylic acids is 1. The Morgan fingerprint density at radius 2 is 2.30 bits per heavy atom. The Labute approximate surface area is 116 Å². The second-order valence-electron chi connectivity index (χ2n) is 4.51. The third kappa shape index (κ3) is 4.90. The van der Waals surface area contributed by atoms with E-state index >= 15 is 0 Å². The molecule has 0 aromatic carbocycles. The summed E-state index contributed by atoms with van der Waals surface area (Å²) in [5, 5.41) is 13.2. The van der Waals surface area contributed by atoms with Crippen LogP contribution in [0, 0.1) is 5.92 Å². The van der Waals surface area contributed by atoms with E-state index in [1.54, 1.807) is 7.05 Å². The topological polar surface area (TPSA) is 113 Å². The maximum atomic E-state index is 12.1. The SMILES string of the molecule is C[C@H](CCCCN=C(N)CF)C(=O)N(C)c1nn[nH]n1. The summed E-state index contributed by atoms with van der Waals surface area (Å²) in [6.45, 7) is 1.61. The van der Waals surface area contributed by atoms with E-state index in [1.165, 1.54) is 4.90 Å². The molecule has 0 saturated carbocycles. The van der Waals surface area contributed by atoms with Gasteiger partial charge in [-0.2, -0.15) is 5.21 Å². The van der Waals surface area contributed by atoms with E-state index in [9.17, 15) is 9.18 Å². The molecule has 0 bridgehead atoms. The predicted octanol–water partition coefficient (Wildman–Crippen LogP) is 0.296. The van der Waals surface area contributed by atoms with Crippen molar-refractivity contribution < 1.29 is 9.18 Å². The molecule has 0 aliphatic heterocycles. The van der Waals surface area contributed by atoms with E-state index < -0.39 is 6.67 Å².